The summed E-state index contributed by atoms with van der Waals surface area (Å²) in [6, 6.07) is 9.88. The molecule has 0 aromatic heterocycles. The smallest absolute Gasteiger partial charge is 0.191 e. The van der Waals surface area contributed by atoms with Crippen LogP contribution in [-0.4, -0.2) is 44.8 Å². The number of rotatable bonds is 8. The van der Waals surface area contributed by atoms with E-state index in [4.69, 9.17) is 4.74 Å². The van der Waals surface area contributed by atoms with Crippen molar-refractivity contribution in [3.05, 3.63) is 30.3 Å². The lowest BCUT2D eigenvalue weighted by Crippen LogP contribution is -2.44. The summed E-state index contributed by atoms with van der Waals surface area (Å²) in [5, 5.41) is 10.0. The van der Waals surface area contributed by atoms with Gasteiger partial charge in [-0.15, -0.1) is 24.0 Å². The fourth-order valence-corrected chi connectivity index (χ4v) is 1.82. The number of benzene rings is 1. The topological polar surface area (TPSA) is 57.7 Å². The van der Waals surface area contributed by atoms with Gasteiger partial charge in [-0.3, -0.25) is 4.99 Å². The van der Waals surface area contributed by atoms with Crippen LogP contribution in [0.1, 0.15) is 27.2 Å². The molecule has 0 spiro atoms. The van der Waals surface area contributed by atoms with E-state index in [-0.39, 0.29) is 29.5 Å². The number of nitrogens with one attached hydrogen (secondary N) is 3. The van der Waals surface area contributed by atoms with Gasteiger partial charge in [0.1, 0.15) is 5.75 Å². The quantitative estimate of drug-likeness (QED) is 0.255. The zero-order chi connectivity index (χ0) is 16.3. The van der Waals surface area contributed by atoms with Gasteiger partial charge in [-0.05, 0) is 39.3 Å². The molecule has 1 aromatic rings. The molecule has 5 nitrogen and oxygen atoms in total. The fraction of sp³-hybridized carbons (Fsp3) is 0.588. The van der Waals surface area contributed by atoms with Gasteiger partial charge in [0.05, 0.1) is 6.61 Å². The summed E-state index contributed by atoms with van der Waals surface area (Å²) >= 11 is 0. The highest BCUT2D eigenvalue weighted by atomic mass is 127. The van der Waals surface area contributed by atoms with Gasteiger partial charge < -0.3 is 20.7 Å². The molecule has 3 N–H and O–H groups in total. The largest absolute Gasteiger partial charge is 0.494 e. The predicted octanol–water partition coefficient (Wildman–Crippen LogP) is 2.63. The molecule has 6 heteroatoms. The Kier molecular flexibility index (Phi) is 11.9. The number of hydrogen-bond donors (Lipinski definition) is 3. The second-order valence-electron chi connectivity index (χ2n) is 6.12. The summed E-state index contributed by atoms with van der Waals surface area (Å²) < 4.78 is 5.65. The van der Waals surface area contributed by atoms with Crippen molar-refractivity contribution < 1.29 is 4.74 Å². The van der Waals surface area contributed by atoms with Crippen LogP contribution in [0.4, 0.5) is 0 Å². The average Bonchev–Trinajstić information content (AvgIpc) is 2.49. The Morgan fingerprint density at radius 1 is 1.04 bits per heavy atom. The molecule has 1 aromatic carbocycles. The third kappa shape index (κ3) is 12.1. The number of aliphatic imine (C=N–C) groups is 1. The van der Waals surface area contributed by atoms with E-state index in [1.54, 1.807) is 7.05 Å². The normalized spacial score (nSPS) is 11.6. The number of guanidine groups is 1. The van der Waals surface area contributed by atoms with E-state index in [0.717, 1.165) is 37.8 Å². The minimum Gasteiger partial charge on any atom is -0.494 e. The summed E-state index contributed by atoms with van der Waals surface area (Å²) in [6.07, 6.45) is 0.926. The van der Waals surface area contributed by atoms with Crippen LogP contribution in [0.3, 0.4) is 0 Å². The first-order valence-corrected chi connectivity index (χ1v) is 7.88. The molecule has 0 aliphatic carbocycles. The van der Waals surface area contributed by atoms with Crippen LogP contribution in [0.15, 0.2) is 35.3 Å². The molecule has 0 aliphatic rings. The van der Waals surface area contributed by atoms with Crippen molar-refractivity contribution in [1.82, 2.24) is 16.0 Å². The van der Waals surface area contributed by atoms with Crippen LogP contribution in [-0.2, 0) is 0 Å². The number of halogens is 1. The highest BCUT2D eigenvalue weighted by molar-refractivity contribution is 14.0. The third-order valence-corrected chi connectivity index (χ3v) is 2.92. The molecular formula is C17H31IN4O. The number of para-hydroxylation sites is 1. The van der Waals surface area contributed by atoms with Gasteiger partial charge >= 0.3 is 0 Å². The van der Waals surface area contributed by atoms with Crippen molar-refractivity contribution in [2.24, 2.45) is 4.99 Å². The van der Waals surface area contributed by atoms with Crippen LogP contribution in [0.2, 0.25) is 0 Å². The molecule has 0 atom stereocenters. The third-order valence-electron chi connectivity index (χ3n) is 2.92. The molecule has 132 valence electrons. The molecule has 0 saturated heterocycles. The van der Waals surface area contributed by atoms with E-state index in [9.17, 15) is 0 Å². The maximum atomic E-state index is 5.65. The minimum absolute atomic E-state index is 0. The zero-order valence-corrected chi connectivity index (χ0v) is 17.0. The first kappa shape index (κ1) is 22.0. The second kappa shape index (κ2) is 12.4. The second-order valence-corrected chi connectivity index (χ2v) is 6.12. The van der Waals surface area contributed by atoms with Crippen molar-refractivity contribution in [1.29, 1.82) is 0 Å². The Morgan fingerprint density at radius 3 is 2.30 bits per heavy atom. The maximum absolute atomic E-state index is 5.65. The van der Waals surface area contributed by atoms with Gasteiger partial charge in [0.15, 0.2) is 5.96 Å². The minimum atomic E-state index is 0. The number of hydrogen-bond acceptors (Lipinski definition) is 3. The van der Waals surface area contributed by atoms with Gasteiger partial charge in [0, 0.05) is 32.2 Å². The van der Waals surface area contributed by atoms with Crippen LogP contribution in [0.5, 0.6) is 5.75 Å². The lowest BCUT2D eigenvalue weighted by molar-refractivity contribution is 0.311. The van der Waals surface area contributed by atoms with E-state index in [1.165, 1.54) is 0 Å². The molecule has 0 amide bonds. The summed E-state index contributed by atoms with van der Waals surface area (Å²) in [7, 11) is 1.78. The van der Waals surface area contributed by atoms with Crippen LogP contribution in [0.25, 0.3) is 0 Å². The van der Waals surface area contributed by atoms with Gasteiger partial charge in [0.2, 0.25) is 0 Å². The Morgan fingerprint density at radius 2 is 1.70 bits per heavy atom. The lowest BCUT2D eigenvalue weighted by atomic mass is 10.1. The van der Waals surface area contributed by atoms with E-state index < -0.39 is 0 Å². The zero-order valence-electron chi connectivity index (χ0n) is 14.7. The van der Waals surface area contributed by atoms with E-state index in [0.29, 0.717) is 6.61 Å². The summed E-state index contributed by atoms with van der Waals surface area (Å²) in [5.74, 6) is 1.74. The van der Waals surface area contributed by atoms with Crippen LogP contribution < -0.4 is 20.7 Å². The molecule has 0 radical (unpaired) electrons. The standard InChI is InChI=1S/C17H30N4O.HI/c1-17(2,3)21-13-12-20-16(18-4)19-11-8-14-22-15-9-6-5-7-10-15;/h5-7,9-10,21H,8,11-14H2,1-4H3,(H2,18,19,20);1H. The van der Waals surface area contributed by atoms with Gasteiger partial charge in [-0.25, -0.2) is 0 Å². The Bertz CT molecular complexity index is 432. The predicted molar refractivity (Wildman–Crippen MR) is 109 cm³/mol. The van der Waals surface area contributed by atoms with E-state index >= 15 is 0 Å². The SMILES string of the molecule is CN=C(NCCCOc1ccccc1)NCCNC(C)(C)C.I. The molecular weight excluding hydrogens is 403 g/mol. The van der Waals surface area contributed by atoms with Gasteiger partial charge in [-0.1, -0.05) is 18.2 Å². The fourth-order valence-electron chi connectivity index (χ4n) is 1.82. The van der Waals surface area contributed by atoms with Crippen molar-refractivity contribution in [3.63, 3.8) is 0 Å². The lowest BCUT2D eigenvalue weighted by Gasteiger charge is -2.21. The molecule has 0 unspecified atom stereocenters. The average molecular weight is 434 g/mol. The molecule has 23 heavy (non-hydrogen) atoms. The van der Waals surface area contributed by atoms with E-state index in [1.807, 2.05) is 30.3 Å². The van der Waals surface area contributed by atoms with Crippen molar-refractivity contribution in [3.8, 4) is 5.75 Å². The van der Waals surface area contributed by atoms with Crippen molar-refractivity contribution >= 4 is 29.9 Å². The first-order chi connectivity index (χ1) is 10.5. The summed E-state index contributed by atoms with van der Waals surface area (Å²) in [4.78, 5) is 4.20. The van der Waals surface area contributed by atoms with Gasteiger partial charge in [-0.2, -0.15) is 0 Å². The highest BCUT2D eigenvalue weighted by Gasteiger charge is 2.07. The van der Waals surface area contributed by atoms with Crippen molar-refractivity contribution in [2.75, 3.05) is 33.3 Å². The summed E-state index contributed by atoms with van der Waals surface area (Å²) in [5.41, 5.74) is 0.146. The molecule has 0 heterocycles. The highest BCUT2D eigenvalue weighted by Crippen LogP contribution is 2.07. The van der Waals surface area contributed by atoms with Crippen molar-refractivity contribution in [2.45, 2.75) is 32.7 Å². The monoisotopic (exact) mass is 434 g/mol. The first-order valence-electron chi connectivity index (χ1n) is 7.88. The van der Waals surface area contributed by atoms with E-state index in [2.05, 4.69) is 41.7 Å². The van der Waals surface area contributed by atoms with Crippen LogP contribution in [0, 0.1) is 0 Å². The Hall–Kier alpha value is -1.02. The summed E-state index contributed by atoms with van der Waals surface area (Å²) in [6.45, 7) is 9.75. The molecule has 0 aliphatic heterocycles. The van der Waals surface area contributed by atoms with Gasteiger partial charge in [0.25, 0.3) is 0 Å². The molecule has 0 bridgehead atoms. The Labute approximate surface area is 157 Å². The number of nitrogens with zero attached hydrogens (tertiary/aromatic N) is 1. The maximum Gasteiger partial charge on any atom is 0.191 e. The Balaban J connectivity index is 0.00000484. The number of ether oxygens (including phenoxy) is 1. The molecule has 0 saturated carbocycles. The molecule has 1 rings (SSSR count). The molecule has 0 fully saturated rings. The van der Waals surface area contributed by atoms with Crippen LogP contribution >= 0.6 is 24.0 Å².